The van der Waals surface area contributed by atoms with Gasteiger partial charge in [0.25, 0.3) is 0 Å². The zero-order chi connectivity index (χ0) is 31.7. The first-order valence-electron chi connectivity index (χ1n) is 14.7. The Morgan fingerprint density at radius 3 is 0.977 bits per heavy atom. The monoisotopic (exact) mass is 653 g/mol. The number of carbonyl (C=O) groups excluding carboxylic acids is 3. The van der Waals surface area contributed by atoms with Gasteiger partial charge in [-0.25, -0.2) is 0 Å². The van der Waals surface area contributed by atoms with Crippen LogP contribution in [0.5, 0.6) is 0 Å². The Morgan fingerprint density at radius 2 is 0.791 bits per heavy atom. The van der Waals surface area contributed by atoms with E-state index in [0.29, 0.717) is 19.6 Å². The molecular formula is C30H51FeN3O9. The van der Waals surface area contributed by atoms with Gasteiger partial charge in [-0.3, -0.25) is 14.4 Å². The van der Waals surface area contributed by atoms with Crippen molar-refractivity contribution in [3.8, 4) is 0 Å². The summed E-state index contributed by atoms with van der Waals surface area (Å²) in [7, 11) is 0. The molecule has 3 unspecified atom stereocenters. The van der Waals surface area contributed by atoms with E-state index in [1.807, 2.05) is 0 Å². The number of aliphatic hydroxyl groups is 6. The minimum atomic E-state index is -0.159. The zero-order valence-electron chi connectivity index (χ0n) is 25.7. The summed E-state index contributed by atoms with van der Waals surface area (Å²) in [4.78, 5) is 37.4. The van der Waals surface area contributed by atoms with Crippen LogP contribution < -0.4 is 0 Å². The first-order chi connectivity index (χ1) is 19.9. The zero-order valence-corrected chi connectivity index (χ0v) is 26.8. The van der Waals surface area contributed by atoms with Crippen molar-refractivity contribution in [2.45, 2.75) is 59.3 Å². The average molecular weight is 654 g/mol. The summed E-state index contributed by atoms with van der Waals surface area (Å²) < 4.78 is 0. The Bertz CT molecular complexity index is 838. The quantitative estimate of drug-likeness (QED) is 0.121. The molecule has 3 aliphatic heterocycles. The largest absolute Gasteiger partial charge is 0.495 e. The normalized spacial score (nSPS) is 23.2. The maximum atomic E-state index is 10.7. The Labute approximate surface area is 265 Å². The molecule has 6 N–H and O–H groups in total. The van der Waals surface area contributed by atoms with Crippen LogP contribution in [0.4, 0.5) is 0 Å². The minimum absolute atomic E-state index is 0. The third kappa shape index (κ3) is 16.7. The molecule has 0 bridgehead atoms. The van der Waals surface area contributed by atoms with Crippen molar-refractivity contribution in [2.24, 2.45) is 17.8 Å². The van der Waals surface area contributed by atoms with Gasteiger partial charge in [0.15, 0.2) is 35.0 Å². The van der Waals surface area contributed by atoms with Crippen molar-refractivity contribution < 1.29 is 62.1 Å². The fourth-order valence-electron chi connectivity index (χ4n) is 5.09. The van der Waals surface area contributed by atoms with Crippen LogP contribution in [0, 0.1) is 17.8 Å². The maximum absolute atomic E-state index is 10.7. The molecule has 0 saturated carbocycles. The van der Waals surface area contributed by atoms with E-state index in [0.717, 1.165) is 58.2 Å². The molecule has 0 aromatic heterocycles. The second kappa shape index (κ2) is 22.0. The van der Waals surface area contributed by atoms with Crippen molar-refractivity contribution in [3.63, 3.8) is 0 Å². The van der Waals surface area contributed by atoms with Gasteiger partial charge in [0.1, 0.15) is 0 Å². The van der Waals surface area contributed by atoms with Crippen molar-refractivity contribution in [1.82, 2.24) is 14.7 Å². The number of carbonyl (C=O) groups is 3. The van der Waals surface area contributed by atoms with Crippen LogP contribution >= 0.6 is 0 Å². The summed E-state index contributed by atoms with van der Waals surface area (Å²) in [5.41, 5.74) is 0. The van der Waals surface area contributed by atoms with E-state index in [2.05, 4.69) is 0 Å². The molecule has 3 heterocycles. The minimum Gasteiger partial charge on any atom is -0.495 e. The van der Waals surface area contributed by atoms with Crippen LogP contribution in [0.1, 0.15) is 59.3 Å². The standard InChI is InChI=1S/3C10H17NO3.Fe/c3*1-8(13)5-10(14)11-4-2-3-9(6-11)7-12;/h3*5,9,12,14H,2-4,6-7H2,1H3;. The van der Waals surface area contributed by atoms with Gasteiger partial charge in [0, 0.05) is 94.4 Å². The van der Waals surface area contributed by atoms with E-state index in [1.54, 1.807) is 14.7 Å². The van der Waals surface area contributed by atoms with E-state index in [4.69, 9.17) is 15.3 Å². The van der Waals surface area contributed by atoms with Crippen LogP contribution in [0.25, 0.3) is 0 Å². The summed E-state index contributed by atoms with van der Waals surface area (Å²) in [6.07, 6.45) is 9.46. The van der Waals surface area contributed by atoms with Crippen LogP contribution in [0.15, 0.2) is 35.9 Å². The molecule has 0 aliphatic carbocycles. The summed E-state index contributed by atoms with van der Waals surface area (Å²) in [5.74, 6) is 0.238. The number of nitrogens with zero attached hydrogens (tertiary/aromatic N) is 3. The fraction of sp³-hybridized carbons (Fsp3) is 0.700. The Kier molecular flexibility index (Phi) is 20.7. The second-order valence-electron chi connectivity index (χ2n) is 11.3. The molecule has 3 aliphatic rings. The summed E-state index contributed by atoms with van der Waals surface area (Å²) >= 11 is 0. The predicted molar refractivity (Wildman–Crippen MR) is 158 cm³/mol. The summed E-state index contributed by atoms with van der Waals surface area (Å²) in [6.45, 7) is 8.81. The molecule has 0 radical (unpaired) electrons. The van der Waals surface area contributed by atoms with E-state index < -0.39 is 0 Å². The predicted octanol–water partition coefficient (Wildman–Crippen LogP) is 2.03. The van der Waals surface area contributed by atoms with E-state index >= 15 is 0 Å². The Morgan fingerprint density at radius 1 is 0.558 bits per heavy atom. The molecule has 248 valence electrons. The maximum Gasteiger partial charge on any atom is 0.190 e. The Balaban J connectivity index is 0.000000608. The van der Waals surface area contributed by atoms with Gasteiger partial charge in [-0.15, -0.1) is 0 Å². The van der Waals surface area contributed by atoms with Crippen LogP contribution in [-0.4, -0.2) is 122 Å². The second-order valence-corrected chi connectivity index (χ2v) is 11.3. The molecule has 43 heavy (non-hydrogen) atoms. The molecule has 3 saturated heterocycles. The van der Waals surface area contributed by atoms with Crippen molar-refractivity contribution in [2.75, 3.05) is 59.1 Å². The number of likely N-dealkylation sites (tertiary alicyclic amines) is 3. The van der Waals surface area contributed by atoms with Gasteiger partial charge >= 0.3 is 0 Å². The number of piperidine rings is 3. The molecule has 0 aromatic carbocycles. The van der Waals surface area contributed by atoms with Gasteiger partial charge in [-0.05, 0) is 77.0 Å². The molecule has 3 atom stereocenters. The van der Waals surface area contributed by atoms with E-state index in [1.165, 1.54) is 39.0 Å². The first-order valence-corrected chi connectivity index (χ1v) is 14.7. The third-order valence-corrected chi connectivity index (χ3v) is 7.30. The number of rotatable bonds is 9. The van der Waals surface area contributed by atoms with Crippen LogP contribution in [0.3, 0.4) is 0 Å². The smallest absolute Gasteiger partial charge is 0.190 e. The van der Waals surface area contributed by atoms with Crippen LogP contribution in [-0.2, 0) is 31.5 Å². The van der Waals surface area contributed by atoms with E-state index in [9.17, 15) is 29.7 Å². The number of hydrogen-bond acceptors (Lipinski definition) is 12. The molecule has 0 amide bonds. The number of ketones is 3. The number of hydrogen-bond donors (Lipinski definition) is 6. The van der Waals surface area contributed by atoms with Gasteiger partial charge < -0.3 is 45.3 Å². The third-order valence-electron chi connectivity index (χ3n) is 7.30. The van der Waals surface area contributed by atoms with Gasteiger partial charge in [-0.2, -0.15) is 0 Å². The number of aliphatic hydroxyl groups excluding tert-OH is 6. The SMILES string of the molecule is CC(=O)C=C(O)N1CCCC(CO)C1.CC(=O)C=C(O)N1CCCC(CO)C1.CC(=O)C=C(O)N1CCCC(CO)C1.[Fe]. The average Bonchev–Trinajstić information content (AvgIpc) is 2.97. The van der Waals surface area contributed by atoms with Crippen molar-refractivity contribution in [1.29, 1.82) is 0 Å². The summed E-state index contributed by atoms with van der Waals surface area (Å²) in [6, 6.07) is 0. The fourth-order valence-corrected chi connectivity index (χ4v) is 5.09. The molecule has 3 rings (SSSR count). The van der Waals surface area contributed by atoms with E-state index in [-0.39, 0.29) is 89.6 Å². The first kappa shape index (κ1) is 40.4. The van der Waals surface area contributed by atoms with Gasteiger partial charge in [0.05, 0.1) is 0 Å². The van der Waals surface area contributed by atoms with Crippen molar-refractivity contribution in [3.05, 3.63) is 35.9 Å². The molecule has 13 heteroatoms. The molecule has 0 aromatic rings. The van der Waals surface area contributed by atoms with Crippen LogP contribution in [0.2, 0.25) is 0 Å². The van der Waals surface area contributed by atoms with Crippen molar-refractivity contribution >= 4 is 17.3 Å². The molecule has 12 nitrogen and oxygen atoms in total. The molecule has 3 fully saturated rings. The Hall–Kier alpha value is -2.57. The molecule has 0 spiro atoms. The molecular weight excluding hydrogens is 602 g/mol. The van der Waals surface area contributed by atoms with Gasteiger partial charge in [0.2, 0.25) is 0 Å². The number of allylic oxidation sites excluding steroid dienone is 3. The summed E-state index contributed by atoms with van der Waals surface area (Å²) in [5, 5.41) is 55.6. The van der Waals surface area contributed by atoms with Gasteiger partial charge in [-0.1, -0.05) is 0 Å². The topological polar surface area (TPSA) is 182 Å².